The second-order valence-corrected chi connectivity index (χ2v) is 6.59. The summed E-state index contributed by atoms with van der Waals surface area (Å²) in [7, 11) is 2.04. The summed E-state index contributed by atoms with van der Waals surface area (Å²) in [6, 6.07) is 11.4. The molecule has 21 heavy (non-hydrogen) atoms. The first-order valence-electron chi connectivity index (χ1n) is 8.15. The van der Waals surface area contributed by atoms with Gasteiger partial charge in [0.1, 0.15) is 0 Å². The number of ether oxygens (including phenoxy) is 1. The van der Waals surface area contributed by atoms with E-state index < -0.39 is 0 Å². The molecule has 1 saturated heterocycles. The molecule has 1 aliphatic rings. The monoisotopic (exact) mass is 290 g/mol. The first kappa shape index (κ1) is 16.5. The lowest BCUT2D eigenvalue weighted by Gasteiger charge is -2.43. The Morgan fingerprint density at radius 3 is 2.67 bits per heavy atom. The van der Waals surface area contributed by atoms with E-state index in [4.69, 9.17) is 4.74 Å². The molecule has 1 aromatic carbocycles. The van der Waals surface area contributed by atoms with E-state index in [0.717, 1.165) is 32.7 Å². The van der Waals surface area contributed by atoms with E-state index in [2.05, 4.69) is 61.3 Å². The molecule has 1 heterocycles. The van der Waals surface area contributed by atoms with E-state index in [1.165, 1.54) is 5.56 Å². The standard InChI is InChI=1S/C18H30N2O/c1-5-17-12-21-15(2)11-20(17)14-18(3,13-19-4)16-9-7-6-8-10-16/h6-10,15,17,19H,5,11-14H2,1-4H3. The molecule has 0 amide bonds. The van der Waals surface area contributed by atoms with Gasteiger partial charge < -0.3 is 10.1 Å². The highest BCUT2D eigenvalue weighted by molar-refractivity contribution is 5.25. The van der Waals surface area contributed by atoms with Crippen LogP contribution in [-0.4, -0.2) is 50.3 Å². The molecule has 3 atom stereocenters. The van der Waals surface area contributed by atoms with Crippen molar-refractivity contribution in [3.05, 3.63) is 35.9 Å². The molecule has 3 heteroatoms. The van der Waals surface area contributed by atoms with Crippen LogP contribution < -0.4 is 5.32 Å². The van der Waals surface area contributed by atoms with Gasteiger partial charge in [-0.05, 0) is 26.0 Å². The number of hydrogen-bond donors (Lipinski definition) is 1. The van der Waals surface area contributed by atoms with E-state index in [-0.39, 0.29) is 5.41 Å². The van der Waals surface area contributed by atoms with Crippen LogP contribution in [0.1, 0.15) is 32.8 Å². The highest BCUT2D eigenvalue weighted by Gasteiger charge is 2.33. The molecule has 1 aliphatic heterocycles. The van der Waals surface area contributed by atoms with Crippen LogP contribution in [0.5, 0.6) is 0 Å². The molecule has 2 rings (SSSR count). The quantitative estimate of drug-likeness (QED) is 0.872. The largest absolute Gasteiger partial charge is 0.376 e. The van der Waals surface area contributed by atoms with Gasteiger partial charge in [0.15, 0.2) is 0 Å². The molecule has 118 valence electrons. The molecule has 0 aliphatic carbocycles. The van der Waals surface area contributed by atoms with Crippen molar-refractivity contribution < 1.29 is 4.74 Å². The fourth-order valence-electron chi connectivity index (χ4n) is 3.41. The predicted molar refractivity (Wildman–Crippen MR) is 88.8 cm³/mol. The Labute approximate surface area is 129 Å². The second kappa shape index (κ2) is 7.39. The van der Waals surface area contributed by atoms with Gasteiger partial charge in [-0.15, -0.1) is 0 Å². The highest BCUT2D eigenvalue weighted by Crippen LogP contribution is 2.27. The lowest BCUT2D eigenvalue weighted by Crippen LogP contribution is -2.54. The zero-order valence-corrected chi connectivity index (χ0v) is 13.9. The number of likely N-dealkylation sites (N-methyl/N-ethyl adjacent to an activating group) is 1. The summed E-state index contributed by atoms with van der Waals surface area (Å²) in [6.07, 6.45) is 1.49. The fraction of sp³-hybridized carbons (Fsp3) is 0.667. The van der Waals surface area contributed by atoms with Crippen molar-refractivity contribution in [2.75, 3.05) is 33.3 Å². The molecule has 0 saturated carbocycles. The predicted octanol–water partition coefficient (Wildman–Crippen LogP) is 2.66. The Morgan fingerprint density at radius 2 is 2.05 bits per heavy atom. The molecule has 1 fully saturated rings. The van der Waals surface area contributed by atoms with E-state index in [0.29, 0.717) is 12.1 Å². The van der Waals surface area contributed by atoms with E-state index in [1.807, 2.05) is 7.05 Å². The van der Waals surface area contributed by atoms with Crippen molar-refractivity contribution in [2.24, 2.45) is 0 Å². The average Bonchev–Trinajstić information content (AvgIpc) is 2.48. The van der Waals surface area contributed by atoms with Crippen molar-refractivity contribution in [1.82, 2.24) is 10.2 Å². The van der Waals surface area contributed by atoms with Gasteiger partial charge in [-0.1, -0.05) is 44.2 Å². The summed E-state index contributed by atoms with van der Waals surface area (Å²) in [5, 5.41) is 3.38. The van der Waals surface area contributed by atoms with Crippen LogP contribution in [0.15, 0.2) is 30.3 Å². The Hall–Kier alpha value is -0.900. The molecule has 3 nitrogen and oxygen atoms in total. The topological polar surface area (TPSA) is 24.5 Å². The van der Waals surface area contributed by atoms with Gasteiger partial charge in [0.05, 0.1) is 12.7 Å². The molecular weight excluding hydrogens is 260 g/mol. The minimum Gasteiger partial charge on any atom is -0.376 e. The normalized spacial score (nSPS) is 26.5. The van der Waals surface area contributed by atoms with Gasteiger partial charge in [-0.2, -0.15) is 0 Å². The van der Waals surface area contributed by atoms with Crippen LogP contribution in [-0.2, 0) is 10.2 Å². The summed E-state index contributed by atoms with van der Waals surface area (Å²) >= 11 is 0. The minimum absolute atomic E-state index is 0.125. The maximum Gasteiger partial charge on any atom is 0.0674 e. The van der Waals surface area contributed by atoms with Gasteiger partial charge in [0, 0.05) is 31.1 Å². The van der Waals surface area contributed by atoms with Crippen LogP contribution in [0.2, 0.25) is 0 Å². The summed E-state index contributed by atoms with van der Waals surface area (Å²) < 4.78 is 5.83. The summed E-state index contributed by atoms with van der Waals surface area (Å²) in [4.78, 5) is 2.62. The number of benzene rings is 1. The van der Waals surface area contributed by atoms with Crippen LogP contribution in [0.3, 0.4) is 0 Å². The maximum atomic E-state index is 5.83. The third kappa shape index (κ3) is 4.06. The van der Waals surface area contributed by atoms with Crippen LogP contribution in [0.4, 0.5) is 0 Å². The zero-order valence-electron chi connectivity index (χ0n) is 13.9. The Kier molecular flexibility index (Phi) is 5.80. The van der Waals surface area contributed by atoms with Gasteiger partial charge >= 0.3 is 0 Å². The molecule has 0 aromatic heterocycles. The number of nitrogens with one attached hydrogen (secondary N) is 1. The average molecular weight is 290 g/mol. The Balaban J connectivity index is 2.18. The molecule has 0 bridgehead atoms. The van der Waals surface area contributed by atoms with Gasteiger partial charge in [0.2, 0.25) is 0 Å². The van der Waals surface area contributed by atoms with Crippen LogP contribution >= 0.6 is 0 Å². The smallest absolute Gasteiger partial charge is 0.0674 e. The van der Waals surface area contributed by atoms with Crippen LogP contribution in [0.25, 0.3) is 0 Å². The maximum absolute atomic E-state index is 5.83. The zero-order chi connectivity index (χ0) is 15.3. The molecule has 1 aromatic rings. The van der Waals surface area contributed by atoms with E-state index in [9.17, 15) is 0 Å². The van der Waals surface area contributed by atoms with Crippen molar-refractivity contribution in [3.8, 4) is 0 Å². The lowest BCUT2D eigenvalue weighted by molar-refractivity contribution is -0.0621. The first-order valence-corrected chi connectivity index (χ1v) is 8.15. The van der Waals surface area contributed by atoms with E-state index >= 15 is 0 Å². The lowest BCUT2D eigenvalue weighted by atomic mass is 9.81. The Morgan fingerprint density at radius 1 is 1.33 bits per heavy atom. The summed E-state index contributed by atoms with van der Waals surface area (Å²) in [5.41, 5.74) is 1.54. The van der Waals surface area contributed by atoms with Gasteiger partial charge in [-0.25, -0.2) is 0 Å². The van der Waals surface area contributed by atoms with Crippen LogP contribution in [0, 0.1) is 0 Å². The highest BCUT2D eigenvalue weighted by atomic mass is 16.5. The third-order valence-electron chi connectivity index (χ3n) is 4.64. The molecular formula is C18H30N2O. The second-order valence-electron chi connectivity index (χ2n) is 6.59. The van der Waals surface area contributed by atoms with Crippen molar-refractivity contribution in [2.45, 2.75) is 44.8 Å². The van der Waals surface area contributed by atoms with Gasteiger partial charge in [-0.3, -0.25) is 4.90 Å². The third-order valence-corrected chi connectivity index (χ3v) is 4.64. The van der Waals surface area contributed by atoms with E-state index in [1.54, 1.807) is 0 Å². The summed E-state index contributed by atoms with van der Waals surface area (Å²) in [6.45, 7) is 10.8. The van der Waals surface area contributed by atoms with Crippen molar-refractivity contribution >= 4 is 0 Å². The molecule has 3 unspecified atom stereocenters. The molecule has 1 N–H and O–H groups in total. The fourth-order valence-corrected chi connectivity index (χ4v) is 3.41. The minimum atomic E-state index is 0.125. The number of morpholine rings is 1. The Bertz CT molecular complexity index is 422. The number of nitrogens with zero attached hydrogens (tertiary/aromatic N) is 1. The first-order chi connectivity index (χ1) is 10.1. The molecule has 0 radical (unpaired) electrons. The summed E-state index contributed by atoms with van der Waals surface area (Å²) in [5.74, 6) is 0. The molecule has 0 spiro atoms. The number of hydrogen-bond acceptors (Lipinski definition) is 3. The SMILES string of the molecule is CCC1COC(C)CN1CC(C)(CNC)c1ccccc1. The number of rotatable bonds is 6. The van der Waals surface area contributed by atoms with Crippen molar-refractivity contribution in [3.63, 3.8) is 0 Å². The van der Waals surface area contributed by atoms with Gasteiger partial charge in [0.25, 0.3) is 0 Å². The van der Waals surface area contributed by atoms with Crippen molar-refractivity contribution in [1.29, 1.82) is 0 Å².